The molecular formula is C115H135N25O5. The number of hydrogen-bond donors (Lipinski definition) is 5. The number of aromatic amines is 5. The van der Waals surface area contributed by atoms with Crippen molar-refractivity contribution in [1.82, 2.24) is 124 Å². The smallest absolute Gasteiger partial charge is 0.254 e. The fourth-order valence-corrected chi connectivity index (χ4v) is 23.6. The Balaban J connectivity index is 0.000000110. The average Bonchev–Trinajstić information content (AvgIpc) is 1.66. The second kappa shape index (κ2) is 43.8. The van der Waals surface area contributed by atoms with Crippen LogP contribution in [0.15, 0.2) is 245 Å². The van der Waals surface area contributed by atoms with Crippen LogP contribution in [0.5, 0.6) is 0 Å². The van der Waals surface area contributed by atoms with Gasteiger partial charge in [-0.05, 0) is 235 Å². The van der Waals surface area contributed by atoms with Gasteiger partial charge in [-0.3, -0.25) is 72.9 Å². The molecule has 17 aromatic rings. The lowest BCUT2D eigenvalue weighted by atomic mass is 9.88. The number of hydrogen-bond acceptors (Lipinski definition) is 15. The maximum atomic E-state index is 13.0. The highest BCUT2D eigenvalue weighted by molar-refractivity contribution is 5.95. The van der Waals surface area contributed by atoms with Gasteiger partial charge in [0.25, 0.3) is 5.91 Å². The molecule has 2 aliphatic carbocycles. The summed E-state index contributed by atoms with van der Waals surface area (Å²) in [6.07, 6.45) is 46.6. The van der Waals surface area contributed by atoms with Crippen LogP contribution in [-0.4, -0.2) is 217 Å². The van der Waals surface area contributed by atoms with Crippen molar-refractivity contribution in [2.45, 2.75) is 227 Å². The van der Waals surface area contributed by atoms with Gasteiger partial charge < -0.3 is 24.5 Å². The summed E-state index contributed by atoms with van der Waals surface area (Å²) in [5.41, 5.74) is 18.4. The van der Waals surface area contributed by atoms with Crippen LogP contribution in [-0.2, 0) is 58.3 Å². The summed E-state index contributed by atoms with van der Waals surface area (Å²) in [6.45, 7) is 25.2. The number of amides is 5. The Kier molecular flexibility index (Phi) is 29.6. The van der Waals surface area contributed by atoms with E-state index in [4.69, 9.17) is 0 Å². The molecule has 7 fully saturated rings. The number of nitrogens with zero attached hydrogens (tertiary/aromatic N) is 20. The number of likely N-dealkylation sites (tertiary alicyclic amines) is 5. The fraction of sp³-hybridized carbons (Fsp3) is 0.417. The molecule has 10 atom stereocenters. The molecule has 5 aliphatic heterocycles. The molecule has 0 radical (unpaired) electrons. The van der Waals surface area contributed by atoms with Gasteiger partial charge in [0.05, 0.1) is 89.6 Å². The quantitative estimate of drug-likeness (QED) is 0.0446. The molecule has 7 aliphatic rings. The second-order valence-corrected chi connectivity index (χ2v) is 42.9. The number of fused-ring (bicyclic) bond motifs is 5. The van der Waals surface area contributed by atoms with Crippen LogP contribution < -0.4 is 0 Å². The molecule has 5 amide bonds. The highest BCUT2D eigenvalue weighted by atomic mass is 16.2. The van der Waals surface area contributed by atoms with E-state index < -0.39 is 0 Å². The standard InChI is InChI=1S/C25H27N5O.2C23H29N5O.C23H23N5O.C21H27N5O/c1-18-11-20(16-29(18)25(31)10-7-19-5-3-2-4-6-19)17-30-24-9-8-21(12-22(24)15-28-30)23-13-26-27-14-23;3*1-16-9-17(14-27(16)23(29)18-5-3-2-4-6-18)15-28-22-8-7-19(10-20(22)13-26-28)21-11-24-25-12-21;1-14-7-15(12-25(14)20(27)21(2,3)4)13-26-19-6-5-16(8-17(19)11-24-26)18-9-22-23-10-18/h2-6,8-9,12-15,18,20H,7,10-11,16-17H2,1H3,(H,26,27);2*7-8,10-13,16-18H,2-6,9,14-15H2,1H3,(H,24,25);2-8,10-13,16-17H,9,14-15H2,1H3,(H,24,25);5-6,8-11,14-15H,7,12-13H2,1-4H3,(H,22,23)/t18-,20?;3*16-,17?;14-,15?/m11001/s1. The first-order valence-corrected chi connectivity index (χ1v) is 52.4. The van der Waals surface area contributed by atoms with Crippen LogP contribution in [0, 0.1) is 46.8 Å². The van der Waals surface area contributed by atoms with Crippen molar-refractivity contribution in [3.63, 3.8) is 0 Å². The number of H-pyrrole nitrogens is 5. The highest BCUT2D eigenvalue weighted by Gasteiger charge is 2.42. The van der Waals surface area contributed by atoms with Gasteiger partial charge in [-0.25, -0.2) is 0 Å². The summed E-state index contributed by atoms with van der Waals surface area (Å²) in [6, 6.07) is 53.3. The molecule has 2 saturated carbocycles. The number of carbonyl (C=O) groups is 5. The van der Waals surface area contributed by atoms with Crippen LogP contribution in [0.1, 0.15) is 174 Å². The molecule has 30 nitrogen and oxygen atoms in total. The lowest BCUT2D eigenvalue weighted by Crippen LogP contribution is -2.41. The number of aromatic nitrogens is 20. The van der Waals surface area contributed by atoms with Gasteiger partial charge in [0.2, 0.25) is 23.6 Å². The Morgan fingerprint density at radius 3 is 0.890 bits per heavy atom. The topological polar surface area (TPSA) is 334 Å². The predicted molar refractivity (Wildman–Crippen MR) is 566 cm³/mol. The number of carbonyl (C=O) groups excluding carboxylic acids is 5. The van der Waals surface area contributed by atoms with Gasteiger partial charge in [0.1, 0.15) is 0 Å². The molecule has 5 saturated heterocycles. The van der Waals surface area contributed by atoms with Gasteiger partial charge in [-0.2, -0.15) is 51.0 Å². The maximum absolute atomic E-state index is 13.0. The summed E-state index contributed by atoms with van der Waals surface area (Å²) in [7, 11) is 0. The molecule has 24 rings (SSSR count). The Hall–Kier alpha value is -14.7. The predicted octanol–water partition coefficient (Wildman–Crippen LogP) is 20.5. The van der Waals surface area contributed by atoms with Crippen molar-refractivity contribution in [2.24, 2.45) is 46.8 Å². The van der Waals surface area contributed by atoms with Crippen LogP contribution >= 0.6 is 0 Å². The highest BCUT2D eigenvalue weighted by Crippen LogP contribution is 2.40. The van der Waals surface area contributed by atoms with Crippen molar-refractivity contribution in [3.8, 4) is 55.6 Å². The Morgan fingerprint density at radius 2 is 0.586 bits per heavy atom. The molecule has 15 heterocycles. The van der Waals surface area contributed by atoms with Gasteiger partial charge >= 0.3 is 0 Å². The van der Waals surface area contributed by atoms with Crippen LogP contribution in [0.25, 0.3) is 110 Å². The molecule has 10 aromatic heterocycles. The lowest BCUT2D eigenvalue weighted by molar-refractivity contribution is -0.140. The summed E-state index contributed by atoms with van der Waals surface area (Å²) < 4.78 is 10.5. The Bertz CT molecular complexity index is 7040. The van der Waals surface area contributed by atoms with E-state index in [1.165, 1.54) is 44.1 Å². The van der Waals surface area contributed by atoms with Crippen molar-refractivity contribution in [3.05, 3.63) is 256 Å². The molecule has 7 aromatic carbocycles. The summed E-state index contributed by atoms with van der Waals surface area (Å²) in [5.74, 6) is 4.13. The van der Waals surface area contributed by atoms with Crippen molar-refractivity contribution >= 4 is 84.1 Å². The van der Waals surface area contributed by atoms with E-state index in [2.05, 4.69) is 252 Å². The Morgan fingerprint density at radius 1 is 0.310 bits per heavy atom. The van der Waals surface area contributed by atoms with Gasteiger partial charge in [-0.15, -0.1) is 0 Å². The number of rotatable bonds is 21. The largest absolute Gasteiger partial charge is 0.340 e. The third kappa shape index (κ3) is 22.5. The summed E-state index contributed by atoms with van der Waals surface area (Å²) >= 11 is 0. The van der Waals surface area contributed by atoms with Crippen LogP contribution in [0.4, 0.5) is 0 Å². The number of nitrogens with one attached hydrogen (secondary N) is 5. The Labute approximate surface area is 845 Å². The molecule has 30 heteroatoms. The maximum Gasteiger partial charge on any atom is 0.254 e. The third-order valence-electron chi connectivity index (χ3n) is 31.3. The molecule has 5 N–H and O–H groups in total. The first-order valence-electron chi connectivity index (χ1n) is 52.4. The van der Waals surface area contributed by atoms with Crippen LogP contribution in [0.2, 0.25) is 0 Å². The second-order valence-electron chi connectivity index (χ2n) is 42.9. The zero-order chi connectivity index (χ0) is 99.8. The number of aryl methyl sites for hydroxylation is 1. The van der Waals surface area contributed by atoms with Crippen molar-refractivity contribution in [2.75, 3.05) is 32.7 Å². The van der Waals surface area contributed by atoms with Gasteiger partial charge in [-0.1, -0.05) is 138 Å². The minimum Gasteiger partial charge on any atom is -0.340 e. The van der Waals surface area contributed by atoms with Crippen LogP contribution in [0.3, 0.4) is 0 Å². The summed E-state index contributed by atoms with van der Waals surface area (Å²) in [5, 5.41) is 63.3. The normalized spacial score (nSPS) is 20.9. The van der Waals surface area contributed by atoms with E-state index in [-0.39, 0.29) is 53.1 Å². The minimum atomic E-state index is -0.328. The summed E-state index contributed by atoms with van der Waals surface area (Å²) in [4.78, 5) is 74.8. The van der Waals surface area contributed by atoms with E-state index in [0.29, 0.717) is 59.9 Å². The van der Waals surface area contributed by atoms with Gasteiger partial charge in [0, 0.05) is 211 Å². The third-order valence-corrected chi connectivity index (χ3v) is 31.3. The SMILES string of the molecule is C[C@@H]1CC(Cn2ncc3cc(-c4cn[nH]c4)ccc32)CN1C(=O)C(C)(C)C.C[C@@H]1CC(Cn2ncc3cc(-c4cn[nH]c4)ccc32)CN1C(=O)C1CCCCC1.C[C@@H]1CC(Cn2ncc3cc(-c4cn[nH]c4)ccc32)CN1C(=O)CCc1ccccc1.C[C@H]1CC(Cn2ncc3cc(-c4cn[nH]c4)ccc32)CN1C(=O)C1CCCCC1.C[C@H]1CC(Cn2ncc3cc(-c4cn[nH]c4)ccc32)CN1C(=O)c1ccccc1. The van der Waals surface area contributed by atoms with E-state index >= 15 is 0 Å². The molecule has 0 spiro atoms. The zero-order valence-corrected chi connectivity index (χ0v) is 84.6. The molecule has 145 heavy (non-hydrogen) atoms. The average molecular weight is 1950 g/mol. The van der Waals surface area contributed by atoms with E-state index in [1.807, 2.05) is 172 Å². The van der Waals surface area contributed by atoms with E-state index in [1.54, 1.807) is 0 Å². The van der Waals surface area contributed by atoms with Crippen molar-refractivity contribution in [1.29, 1.82) is 0 Å². The van der Waals surface area contributed by atoms with Gasteiger partial charge in [0.15, 0.2) is 0 Å². The van der Waals surface area contributed by atoms with E-state index in [9.17, 15) is 24.0 Å². The van der Waals surface area contributed by atoms with E-state index in [0.717, 1.165) is 245 Å². The lowest BCUT2D eigenvalue weighted by Gasteiger charge is -2.29. The number of benzene rings is 7. The molecule has 5 unspecified atom stereocenters. The first kappa shape index (κ1) is 97.7. The molecule has 0 bridgehead atoms. The molecule has 750 valence electrons. The minimum absolute atomic E-state index is 0.121. The fourth-order valence-electron chi connectivity index (χ4n) is 23.6. The molecular weight excluding hydrogens is 1810 g/mol. The first-order chi connectivity index (χ1) is 70.6. The monoisotopic (exact) mass is 1950 g/mol. The van der Waals surface area contributed by atoms with Crippen molar-refractivity contribution < 1.29 is 24.0 Å². The zero-order valence-electron chi connectivity index (χ0n) is 84.6.